The van der Waals surface area contributed by atoms with Gasteiger partial charge in [-0.1, -0.05) is 0 Å². The number of nitrogens with one attached hydrogen (secondary N) is 1. The number of alkyl carbamates (subject to hydrolysis) is 1. The number of nitrogens with zero attached hydrogens (tertiary/aromatic N) is 1. The lowest BCUT2D eigenvalue weighted by Gasteiger charge is -2.30. The van der Waals surface area contributed by atoms with Crippen molar-refractivity contribution in [3.63, 3.8) is 0 Å². The Morgan fingerprint density at radius 2 is 1.41 bits per heavy atom. The molecular formula is C21H36N2O6. The second-order valence-electron chi connectivity index (χ2n) is 9.31. The van der Waals surface area contributed by atoms with Gasteiger partial charge in [0.25, 0.3) is 11.8 Å². The summed E-state index contributed by atoms with van der Waals surface area (Å²) in [5.74, 6) is -0.555. The first-order valence-electron chi connectivity index (χ1n) is 9.99. The minimum atomic E-state index is -0.528. The summed E-state index contributed by atoms with van der Waals surface area (Å²) >= 11 is 0. The van der Waals surface area contributed by atoms with Gasteiger partial charge in [0.2, 0.25) is 0 Å². The Hall–Kier alpha value is -1.93. The van der Waals surface area contributed by atoms with Gasteiger partial charge in [-0.15, -0.1) is 0 Å². The van der Waals surface area contributed by atoms with Crippen molar-refractivity contribution in [2.24, 2.45) is 0 Å². The van der Waals surface area contributed by atoms with Crippen molar-refractivity contribution >= 4 is 17.9 Å². The fraction of sp³-hybridized carbons (Fsp3) is 0.762. The van der Waals surface area contributed by atoms with Crippen LogP contribution in [0.1, 0.15) is 61.3 Å². The molecule has 0 atom stereocenters. The van der Waals surface area contributed by atoms with Crippen molar-refractivity contribution in [2.45, 2.75) is 78.1 Å². The number of hydrogen-bond acceptors (Lipinski definition) is 6. The molecule has 166 valence electrons. The van der Waals surface area contributed by atoms with Crippen LogP contribution >= 0.6 is 0 Å². The van der Waals surface area contributed by atoms with E-state index in [1.54, 1.807) is 0 Å². The van der Waals surface area contributed by atoms with Crippen molar-refractivity contribution in [2.75, 3.05) is 26.3 Å². The molecule has 0 unspecified atom stereocenters. The molecule has 0 bridgehead atoms. The second kappa shape index (κ2) is 10.2. The fourth-order valence-electron chi connectivity index (χ4n) is 2.54. The molecule has 0 saturated heterocycles. The molecule has 0 aromatic heterocycles. The zero-order chi connectivity index (χ0) is 22.3. The highest BCUT2D eigenvalue weighted by atomic mass is 16.6. The van der Waals surface area contributed by atoms with Crippen LogP contribution in [0.4, 0.5) is 4.79 Å². The van der Waals surface area contributed by atoms with Gasteiger partial charge in [-0.25, -0.2) is 4.79 Å². The van der Waals surface area contributed by atoms with Crippen molar-refractivity contribution in [3.05, 3.63) is 12.2 Å². The number of carbonyl (C=O) groups is 3. The van der Waals surface area contributed by atoms with E-state index in [2.05, 4.69) is 5.32 Å². The van der Waals surface area contributed by atoms with Crippen LogP contribution in [0.3, 0.4) is 0 Å². The van der Waals surface area contributed by atoms with Crippen LogP contribution in [-0.4, -0.2) is 65.9 Å². The fourth-order valence-corrected chi connectivity index (χ4v) is 2.54. The Bertz CT molecular complexity index is 601. The average Bonchev–Trinajstić information content (AvgIpc) is 2.86. The number of rotatable bonds is 11. The van der Waals surface area contributed by atoms with Gasteiger partial charge in [-0.3, -0.25) is 14.5 Å². The van der Waals surface area contributed by atoms with Gasteiger partial charge in [-0.2, -0.15) is 0 Å². The van der Waals surface area contributed by atoms with E-state index in [-0.39, 0.29) is 11.8 Å². The molecule has 0 aromatic rings. The maximum absolute atomic E-state index is 11.6. The predicted molar refractivity (Wildman–Crippen MR) is 109 cm³/mol. The molecule has 1 aliphatic heterocycles. The van der Waals surface area contributed by atoms with Crippen LogP contribution < -0.4 is 5.32 Å². The van der Waals surface area contributed by atoms with E-state index in [1.807, 2.05) is 48.5 Å². The number of carbonyl (C=O) groups excluding carboxylic acids is 3. The SMILES string of the molecule is CC(C)(C)OC(=O)NCCOC(C)(C)CCOC(C)(C)CCN1C(=O)C=CC1=O. The summed E-state index contributed by atoms with van der Waals surface area (Å²) < 4.78 is 17.0. The van der Waals surface area contributed by atoms with Crippen molar-refractivity contribution in [1.82, 2.24) is 10.2 Å². The number of imide groups is 1. The number of amides is 3. The third kappa shape index (κ3) is 10.4. The maximum Gasteiger partial charge on any atom is 0.407 e. The maximum atomic E-state index is 11.6. The first-order chi connectivity index (χ1) is 13.2. The Kier molecular flexibility index (Phi) is 8.84. The highest BCUT2D eigenvalue weighted by Gasteiger charge is 2.28. The van der Waals surface area contributed by atoms with E-state index < -0.39 is 22.9 Å². The normalized spacial score (nSPS) is 15.2. The lowest BCUT2D eigenvalue weighted by Crippen LogP contribution is -2.38. The van der Waals surface area contributed by atoms with E-state index in [0.29, 0.717) is 39.1 Å². The van der Waals surface area contributed by atoms with E-state index in [0.717, 1.165) is 0 Å². The summed E-state index contributed by atoms with van der Waals surface area (Å²) in [6.45, 7) is 14.7. The molecule has 0 saturated carbocycles. The summed E-state index contributed by atoms with van der Waals surface area (Å²) in [5.41, 5.74) is -1.42. The van der Waals surface area contributed by atoms with E-state index in [9.17, 15) is 14.4 Å². The van der Waals surface area contributed by atoms with Crippen LogP contribution in [-0.2, 0) is 23.8 Å². The van der Waals surface area contributed by atoms with Crippen LogP contribution in [0.2, 0.25) is 0 Å². The summed E-state index contributed by atoms with van der Waals surface area (Å²) in [6.07, 6.45) is 3.31. The Morgan fingerprint density at radius 1 is 0.897 bits per heavy atom. The van der Waals surface area contributed by atoms with Gasteiger partial charge >= 0.3 is 6.09 Å². The van der Waals surface area contributed by atoms with Gasteiger partial charge in [0.05, 0.1) is 24.4 Å². The van der Waals surface area contributed by atoms with E-state index in [4.69, 9.17) is 14.2 Å². The highest BCUT2D eigenvalue weighted by molar-refractivity contribution is 6.12. The Morgan fingerprint density at radius 3 is 1.97 bits per heavy atom. The quantitative estimate of drug-likeness (QED) is 0.414. The molecule has 1 N–H and O–H groups in total. The van der Waals surface area contributed by atoms with E-state index in [1.165, 1.54) is 17.1 Å². The van der Waals surface area contributed by atoms with Crippen LogP contribution in [0.25, 0.3) is 0 Å². The molecule has 0 aliphatic carbocycles. The lowest BCUT2D eigenvalue weighted by atomic mass is 10.0. The molecule has 3 amide bonds. The minimum absolute atomic E-state index is 0.277. The first kappa shape index (κ1) is 25.1. The monoisotopic (exact) mass is 412 g/mol. The third-order valence-electron chi connectivity index (χ3n) is 4.30. The minimum Gasteiger partial charge on any atom is -0.444 e. The first-order valence-corrected chi connectivity index (χ1v) is 9.99. The number of hydrogen-bond donors (Lipinski definition) is 1. The van der Waals surface area contributed by atoms with Gasteiger partial charge in [0, 0.05) is 25.2 Å². The van der Waals surface area contributed by atoms with Gasteiger partial charge in [0.15, 0.2) is 0 Å². The molecule has 0 radical (unpaired) electrons. The summed E-state index contributed by atoms with van der Waals surface area (Å²) in [5, 5.41) is 2.66. The molecule has 8 heteroatoms. The van der Waals surface area contributed by atoms with Crippen LogP contribution in [0.15, 0.2) is 12.2 Å². The molecule has 0 aromatic carbocycles. The largest absolute Gasteiger partial charge is 0.444 e. The van der Waals surface area contributed by atoms with E-state index >= 15 is 0 Å². The van der Waals surface area contributed by atoms with Crippen molar-refractivity contribution in [3.8, 4) is 0 Å². The van der Waals surface area contributed by atoms with Crippen LogP contribution in [0, 0.1) is 0 Å². The number of ether oxygens (including phenoxy) is 3. The average molecular weight is 413 g/mol. The third-order valence-corrected chi connectivity index (χ3v) is 4.30. The molecular weight excluding hydrogens is 376 g/mol. The summed E-state index contributed by atoms with van der Waals surface area (Å²) in [4.78, 5) is 36.0. The molecule has 29 heavy (non-hydrogen) atoms. The zero-order valence-corrected chi connectivity index (χ0v) is 18.8. The summed E-state index contributed by atoms with van der Waals surface area (Å²) in [6, 6.07) is 0. The molecule has 8 nitrogen and oxygen atoms in total. The topological polar surface area (TPSA) is 94.2 Å². The Balaban J connectivity index is 2.24. The van der Waals surface area contributed by atoms with Gasteiger partial charge in [-0.05, 0) is 61.3 Å². The molecule has 1 rings (SSSR count). The molecule has 0 fully saturated rings. The second-order valence-corrected chi connectivity index (χ2v) is 9.31. The summed E-state index contributed by atoms with van der Waals surface area (Å²) in [7, 11) is 0. The van der Waals surface area contributed by atoms with Gasteiger partial charge < -0.3 is 19.5 Å². The van der Waals surface area contributed by atoms with Crippen molar-refractivity contribution < 1.29 is 28.6 Å². The smallest absolute Gasteiger partial charge is 0.407 e. The molecule has 1 heterocycles. The lowest BCUT2D eigenvalue weighted by molar-refractivity contribution is -0.137. The zero-order valence-electron chi connectivity index (χ0n) is 18.8. The molecule has 0 spiro atoms. The predicted octanol–water partition coefficient (Wildman–Crippen LogP) is 2.81. The Labute approximate surface area is 173 Å². The highest BCUT2D eigenvalue weighted by Crippen LogP contribution is 2.20. The van der Waals surface area contributed by atoms with Gasteiger partial charge in [0.1, 0.15) is 5.60 Å². The standard InChI is InChI=1S/C21H36N2O6/c1-19(2,3)29-18(26)22-12-15-28-21(6,7)11-14-27-20(4,5)10-13-23-16(24)8-9-17(23)25/h8-9H,10-15H2,1-7H3,(H,22,26). The van der Waals surface area contributed by atoms with Crippen LogP contribution in [0.5, 0.6) is 0 Å². The van der Waals surface area contributed by atoms with Crippen molar-refractivity contribution in [1.29, 1.82) is 0 Å². The molecule has 1 aliphatic rings.